The predicted molar refractivity (Wildman–Crippen MR) is 72.8 cm³/mol. The molecular weight excluding hydrogens is 256 g/mol. The number of aromatic nitrogens is 2. The zero-order chi connectivity index (χ0) is 13.9. The van der Waals surface area contributed by atoms with Gasteiger partial charge in [-0.2, -0.15) is 5.10 Å². The number of carbonyl (C=O) groups excluding carboxylic acids is 2. The van der Waals surface area contributed by atoms with Gasteiger partial charge in [0.05, 0.1) is 24.3 Å². The van der Waals surface area contributed by atoms with Gasteiger partial charge in [0.2, 0.25) is 5.91 Å². The summed E-state index contributed by atoms with van der Waals surface area (Å²) in [7, 11) is 0. The molecular formula is C14H14N4O2. The van der Waals surface area contributed by atoms with E-state index in [4.69, 9.17) is 0 Å². The smallest absolute Gasteiger partial charge is 0.251 e. The zero-order valence-electron chi connectivity index (χ0n) is 10.7. The van der Waals surface area contributed by atoms with Gasteiger partial charge in [-0.05, 0) is 12.1 Å². The Morgan fingerprint density at radius 3 is 2.80 bits per heavy atom. The van der Waals surface area contributed by atoms with Crippen LogP contribution < -0.4 is 10.2 Å². The molecule has 1 atom stereocenters. The first-order valence-corrected chi connectivity index (χ1v) is 6.38. The average Bonchev–Trinajstić information content (AvgIpc) is 3.06. The quantitative estimate of drug-likeness (QED) is 0.807. The Morgan fingerprint density at radius 1 is 1.30 bits per heavy atom. The number of aromatic amines is 1. The zero-order valence-corrected chi connectivity index (χ0v) is 10.7. The van der Waals surface area contributed by atoms with Crippen LogP contribution in [0.5, 0.6) is 0 Å². The minimum atomic E-state index is -0.474. The molecule has 102 valence electrons. The fourth-order valence-electron chi connectivity index (χ4n) is 2.26. The molecule has 0 saturated carbocycles. The summed E-state index contributed by atoms with van der Waals surface area (Å²) < 4.78 is 0. The van der Waals surface area contributed by atoms with Crippen molar-refractivity contribution in [2.45, 2.75) is 19.0 Å². The molecule has 0 spiro atoms. The number of nitrogens with one attached hydrogen (secondary N) is 2. The maximum absolute atomic E-state index is 12.3. The van der Waals surface area contributed by atoms with E-state index in [1.54, 1.807) is 24.5 Å². The van der Waals surface area contributed by atoms with Crippen LogP contribution in [0, 0.1) is 0 Å². The number of nitrogens with zero attached hydrogens (tertiary/aromatic N) is 2. The van der Waals surface area contributed by atoms with Crippen molar-refractivity contribution in [3.63, 3.8) is 0 Å². The summed E-state index contributed by atoms with van der Waals surface area (Å²) in [4.78, 5) is 25.5. The summed E-state index contributed by atoms with van der Waals surface area (Å²) in [5.74, 6) is -0.379. The van der Waals surface area contributed by atoms with Crippen LogP contribution in [0.3, 0.4) is 0 Å². The molecule has 1 aromatic carbocycles. The second-order valence-corrected chi connectivity index (χ2v) is 4.65. The van der Waals surface area contributed by atoms with Crippen molar-refractivity contribution in [1.82, 2.24) is 15.5 Å². The van der Waals surface area contributed by atoms with E-state index in [0.29, 0.717) is 12.2 Å². The molecule has 1 saturated heterocycles. The first-order chi connectivity index (χ1) is 9.75. The number of anilines is 1. The van der Waals surface area contributed by atoms with Crippen LogP contribution in [0.15, 0.2) is 42.7 Å². The molecule has 1 fully saturated rings. The molecule has 2 N–H and O–H groups in total. The van der Waals surface area contributed by atoms with Crippen LogP contribution >= 0.6 is 0 Å². The van der Waals surface area contributed by atoms with Crippen molar-refractivity contribution in [2.24, 2.45) is 0 Å². The molecule has 1 unspecified atom stereocenters. The Kier molecular flexibility index (Phi) is 3.30. The third-order valence-electron chi connectivity index (χ3n) is 3.27. The van der Waals surface area contributed by atoms with Crippen molar-refractivity contribution >= 4 is 17.5 Å². The van der Waals surface area contributed by atoms with E-state index in [-0.39, 0.29) is 18.2 Å². The van der Waals surface area contributed by atoms with Gasteiger partial charge in [-0.15, -0.1) is 0 Å². The lowest BCUT2D eigenvalue weighted by Crippen LogP contribution is -2.38. The number of H-pyrrole nitrogens is 1. The summed E-state index contributed by atoms with van der Waals surface area (Å²) in [6, 6.07) is 8.51. The number of hydrogen-bond acceptors (Lipinski definition) is 4. The molecule has 1 aromatic heterocycles. The van der Waals surface area contributed by atoms with E-state index in [2.05, 4.69) is 15.5 Å². The van der Waals surface area contributed by atoms with Gasteiger partial charge in [-0.3, -0.25) is 14.7 Å². The van der Waals surface area contributed by atoms with E-state index in [1.165, 1.54) is 4.90 Å². The molecule has 3 rings (SSSR count). The van der Waals surface area contributed by atoms with E-state index in [9.17, 15) is 9.59 Å². The van der Waals surface area contributed by atoms with Gasteiger partial charge in [-0.25, -0.2) is 4.90 Å². The summed E-state index contributed by atoms with van der Waals surface area (Å²) in [5, 5.41) is 9.64. The van der Waals surface area contributed by atoms with Crippen LogP contribution in [-0.4, -0.2) is 28.1 Å². The summed E-state index contributed by atoms with van der Waals surface area (Å²) >= 11 is 0. The van der Waals surface area contributed by atoms with Crippen LogP contribution in [-0.2, 0) is 16.1 Å². The third kappa shape index (κ3) is 2.33. The van der Waals surface area contributed by atoms with E-state index in [0.717, 1.165) is 5.56 Å². The van der Waals surface area contributed by atoms with E-state index >= 15 is 0 Å². The minimum absolute atomic E-state index is 0.175. The predicted octanol–water partition coefficient (Wildman–Crippen LogP) is 0.831. The Bertz CT molecular complexity index is 609. The molecule has 6 nitrogen and oxygen atoms in total. The third-order valence-corrected chi connectivity index (χ3v) is 3.27. The average molecular weight is 270 g/mol. The second kappa shape index (κ2) is 5.26. The summed E-state index contributed by atoms with van der Waals surface area (Å²) in [6.07, 6.45) is 3.62. The highest BCUT2D eigenvalue weighted by atomic mass is 16.2. The lowest BCUT2D eigenvalue weighted by molar-refractivity contribution is -0.121. The Morgan fingerprint density at radius 2 is 2.10 bits per heavy atom. The Hall–Kier alpha value is -2.47. The molecule has 0 bridgehead atoms. The van der Waals surface area contributed by atoms with Gasteiger partial charge in [0.15, 0.2) is 0 Å². The van der Waals surface area contributed by atoms with Crippen molar-refractivity contribution in [3.8, 4) is 0 Å². The molecule has 0 radical (unpaired) electrons. The van der Waals surface area contributed by atoms with Gasteiger partial charge in [0.25, 0.3) is 5.91 Å². The normalized spacial score (nSPS) is 18.8. The maximum atomic E-state index is 12.3. The van der Waals surface area contributed by atoms with Gasteiger partial charge in [0, 0.05) is 18.3 Å². The molecule has 20 heavy (non-hydrogen) atoms. The fourth-order valence-corrected chi connectivity index (χ4v) is 2.26. The van der Waals surface area contributed by atoms with Crippen LogP contribution in [0.1, 0.15) is 12.0 Å². The molecule has 2 amide bonds. The monoisotopic (exact) mass is 270 g/mol. The lowest BCUT2D eigenvalue weighted by Gasteiger charge is -2.15. The van der Waals surface area contributed by atoms with Crippen molar-refractivity contribution in [2.75, 3.05) is 4.90 Å². The fraction of sp³-hybridized carbons (Fsp3) is 0.214. The van der Waals surface area contributed by atoms with Crippen molar-refractivity contribution in [3.05, 3.63) is 48.3 Å². The number of rotatable bonds is 4. The molecule has 1 aliphatic heterocycles. The standard InChI is InChI=1S/C14H14N4O2/c19-13-6-12(15-7-10-8-16-17-9-10)14(20)18(13)11-4-2-1-3-5-11/h1-5,8-9,12,15H,6-7H2,(H,16,17). The number of imide groups is 1. The molecule has 2 heterocycles. The SMILES string of the molecule is O=C1CC(NCc2cn[nH]c2)C(=O)N1c1ccccc1. The first kappa shape index (κ1) is 12.6. The highest BCUT2D eigenvalue weighted by Gasteiger charge is 2.39. The van der Waals surface area contributed by atoms with Crippen LogP contribution in [0.25, 0.3) is 0 Å². The molecule has 6 heteroatoms. The van der Waals surface area contributed by atoms with Crippen LogP contribution in [0.2, 0.25) is 0 Å². The highest BCUT2D eigenvalue weighted by molar-refractivity contribution is 6.22. The van der Waals surface area contributed by atoms with Crippen molar-refractivity contribution in [1.29, 1.82) is 0 Å². The first-order valence-electron chi connectivity index (χ1n) is 6.38. The van der Waals surface area contributed by atoms with E-state index in [1.807, 2.05) is 18.2 Å². The summed E-state index contributed by atoms with van der Waals surface area (Å²) in [5.41, 5.74) is 1.57. The van der Waals surface area contributed by atoms with Gasteiger partial charge in [0.1, 0.15) is 0 Å². The number of carbonyl (C=O) groups is 2. The number of benzene rings is 1. The molecule has 1 aliphatic rings. The van der Waals surface area contributed by atoms with Gasteiger partial charge in [-0.1, -0.05) is 18.2 Å². The number of para-hydroxylation sites is 1. The second-order valence-electron chi connectivity index (χ2n) is 4.65. The summed E-state index contributed by atoms with van der Waals surface area (Å²) in [6.45, 7) is 0.503. The minimum Gasteiger partial charge on any atom is -0.301 e. The topological polar surface area (TPSA) is 78.1 Å². The number of amides is 2. The van der Waals surface area contributed by atoms with Crippen LogP contribution in [0.4, 0.5) is 5.69 Å². The largest absolute Gasteiger partial charge is 0.301 e. The molecule has 2 aromatic rings. The molecule has 0 aliphatic carbocycles. The number of hydrogen-bond donors (Lipinski definition) is 2. The van der Waals surface area contributed by atoms with Crippen molar-refractivity contribution < 1.29 is 9.59 Å². The van der Waals surface area contributed by atoms with Gasteiger partial charge >= 0.3 is 0 Å². The van der Waals surface area contributed by atoms with Gasteiger partial charge < -0.3 is 5.32 Å². The Labute approximate surface area is 115 Å². The lowest BCUT2D eigenvalue weighted by atomic mass is 10.2. The highest BCUT2D eigenvalue weighted by Crippen LogP contribution is 2.22. The maximum Gasteiger partial charge on any atom is 0.251 e. The Balaban J connectivity index is 1.70. The van der Waals surface area contributed by atoms with E-state index < -0.39 is 6.04 Å².